The summed E-state index contributed by atoms with van der Waals surface area (Å²) in [5.74, 6) is -0.0460. The molecule has 2 fully saturated rings. The summed E-state index contributed by atoms with van der Waals surface area (Å²) in [5.41, 5.74) is 4.28. The van der Waals surface area contributed by atoms with E-state index in [1.807, 2.05) is 29.2 Å². The summed E-state index contributed by atoms with van der Waals surface area (Å²) in [4.78, 5) is 27.8. The average molecular weight is 581 g/mol. The number of H-pyrrole nitrogens is 1. The first-order chi connectivity index (χ1) is 19.3. The number of amides is 1. The van der Waals surface area contributed by atoms with Crippen molar-refractivity contribution >= 4 is 27.5 Å². The van der Waals surface area contributed by atoms with Crippen LogP contribution in [0, 0.1) is 0 Å². The van der Waals surface area contributed by atoms with E-state index in [0.29, 0.717) is 42.9 Å². The summed E-state index contributed by atoms with van der Waals surface area (Å²) < 4.78 is 28.8. The van der Waals surface area contributed by atoms with Gasteiger partial charge in [0.2, 0.25) is 10.0 Å². The van der Waals surface area contributed by atoms with Crippen molar-refractivity contribution in [3.05, 3.63) is 91.9 Å². The summed E-state index contributed by atoms with van der Waals surface area (Å²) in [6, 6.07) is 13.9. The monoisotopic (exact) mass is 580 g/mol. The molecule has 0 unspecified atom stereocenters. The maximum Gasteiger partial charge on any atom is 0.267 e. The number of piperidine rings is 1. The number of carbonyl (C=O) groups excluding carboxylic acids is 1. The number of rotatable bonds is 7. The Morgan fingerprint density at radius 1 is 0.975 bits per heavy atom. The molecule has 40 heavy (non-hydrogen) atoms. The molecule has 1 amide bonds. The molecule has 2 aliphatic carbocycles. The first kappa shape index (κ1) is 27.2. The SMILES string of the molecule is O=C(c1cccc(Cc2n[nH]c(=O)c3c2CCCC3)c1)N1CCC(N(C2CC2)S(=O)(=O)c2ccc(Cl)cc2)CC1. The molecule has 0 radical (unpaired) electrons. The third-order valence-corrected chi connectivity index (χ3v) is 10.6. The van der Waals surface area contributed by atoms with Gasteiger partial charge >= 0.3 is 0 Å². The van der Waals surface area contributed by atoms with E-state index in [4.69, 9.17) is 11.6 Å². The largest absolute Gasteiger partial charge is 0.339 e. The molecule has 1 N–H and O–H groups in total. The van der Waals surface area contributed by atoms with E-state index < -0.39 is 10.0 Å². The van der Waals surface area contributed by atoms with Crippen molar-refractivity contribution in [3.8, 4) is 0 Å². The predicted molar refractivity (Wildman–Crippen MR) is 153 cm³/mol. The van der Waals surface area contributed by atoms with Crippen LogP contribution in [0.2, 0.25) is 5.02 Å². The molecule has 210 valence electrons. The van der Waals surface area contributed by atoms with Crippen molar-refractivity contribution in [1.29, 1.82) is 0 Å². The second kappa shape index (κ2) is 11.1. The van der Waals surface area contributed by atoms with Gasteiger partial charge in [-0.25, -0.2) is 13.5 Å². The van der Waals surface area contributed by atoms with Crippen molar-refractivity contribution in [3.63, 3.8) is 0 Å². The summed E-state index contributed by atoms with van der Waals surface area (Å²) in [7, 11) is -3.65. The zero-order valence-corrected chi connectivity index (χ0v) is 23.9. The lowest BCUT2D eigenvalue weighted by Gasteiger charge is -2.38. The number of nitrogens with zero attached hydrogens (tertiary/aromatic N) is 3. The fraction of sp³-hybridized carbons (Fsp3) is 0.433. The van der Waals surface area contributed by atoms with Crippen LogP contribution in [0.25, 0.3) is 0 Å². The minimum absolute atomic E-state index is 0.0249. The van der Waals surface area contributed by atoms with Crippen LogP contribution in [0.5, 0.6) is 0 Å². The number of likely N-dealkylation sites (tertiary alicyclic amines) is 1. The third-order valence-electron chi connectivity index (χ3n) is 8.34. The number of hydrogen-bond acceptors (Lipinski definition) is 5. The number of aromatic amines is 1. The number of hydrogen-bond donors (Lipinski definition) is 1. The molecule has 1 aliphatic heterocycles. The summed E-state index contributed by atoms with van der Waals surface area (Å²) in [5, 5.41) is 7.50. The molecule has 2 heterocycles. The van der Waals surface area contributed by atoms with Gasteiger partial charge in [-0.05, 0) is 98.9 Å². The Morgan fingerprint density at radius 2 is 1.65 bits per heavy atom. The normalized spacial score (nSPS) is 18.1. The van der Waals surface area contributed by atoms with Gasteiger partial charge in [0.05, 0.1) is 10.6 Å². The number of aromatic nitrogens is 2. The lowest BCUT2D eigenvalue weighted by Crippen LogP contribution is -2.49. The quantitative estimate of drug-likeness (QED) is 0.447. The predicted octanol–water partition coefficient (Wildman–Crippen LogP) is 4.35. The zero-order chi connectivity index (χ0) is 27.9. The highest BCUT2D eigenvalue weighted by atomic mass is 35.5. The Hall–Kier alpha value is -3.01. The molecular formula is C30H33ClN4O4S. The fourth-order valence-electron chi connectivity index (χ4n) is 6.14. The van der Waals surface area contributed by atoms with Gasteiger partial charge in [-0.3, -0.25) is 9.59 Å². The van der Waals surface area contributed by atoms with Crippen molar-refractivity contribution in [2.45, 2.75) is 74.8 Å². The molecule has 8 nitrogen and oxygen atoms in total. The maximum absolute atomic E-state index is 13.5. The van der Waals surface area contributed by atoms with E-state index in [2.05, 4.69) is 10.2 Å². The van der Waals surface area contributed by atoms with Gasteiger partial charge in [0.1, 0.15) is 0 Å². The van der Waals surface area contributed by atoms with Crippen molar-refractivity contribution < 1.29 is 13.2 Å². The fourth-order valence-corrected chi connectivity index (χ4v) is 8.19. The maximum atomic E-state index is 13.5. The van der Waals surface area contributed by atoms with Crippen LogP contribution >= 0.6 is 11.6 Å². The molecule has 1 saturated carbocycles. The van der Waals surface area contributed by atoms with Crippen LogP contribution in [0.15, 0.2) is 58.2 Å². The second-order valence-corrected chi connectivity index (χ2v) is 13.4. The number of fused-ring (bicyclic) bond motifs is 1. The molecule has 0 atom stereocenters. The van der Waals surface area contributed by atoms with Crippen LogP contribution in [0.4, 0.5) is 0 Å². The van der Waals surface area contributed by atoms with Crippen LogP contribution in [0.3, 0.4) is 0 Å². The minimum Gasteiger partial charge on any atom is -0.339 e. The average Bonchev–Trinajstić information content (AvgIpc) is 3.80. The van der Waals surface area contributed by atoms with Gasteiger partial charge < -0.3 is 4.90 Å². The van der Waals surface area contributed by atoms with Gasteiger partial charge in [-0.1, -0.05) is 23.7 Å². The van der Waals surface area contributed by atoms with E-state index >= 15 is 0 Å². The van der Waals surface area contributed by atoms with Crippen LogP contribution in [-0.2, 0) is 29.3 Å². The molecule has 1 aromatic heterocycles. The van der Waals surface area contributed by atoms with E-state index in [-0.39, 0.29) is 28.4 Å². The highest BCUT2D eigenvalue weighted by molar-refractivity contribution is 7.89. The number of nitrogens with one attached hydrogen (secondary N) is 1. The Bertz CT molecular complexity index is 1580. The lowest BCUT2D eigenvalue weighted by molar-refractivity contribution is 0.0676. The molecule has 0 spiro atoms. The molecule has 3 aromatic rings. The Labute approximate surface area is 239 Å². The van der Waals surface area contributed by atoms with Crippen molar-refractivity contribution in [2.75, 3.05) is 13.1 Å². The highest BCUT2D eigenvalue weighted by Crippen LogP contribution is 2.37. The van der Waals surface area contributed by atoms with Gasteiger partial charge in [-0.2, -0.15) is 9.40 Å². The second-order valence-electron chi connectivity index (χ2n) is 11.1. The topological polar surface area (TPSA) is 103 Å². The molecule has 3 aliphatic rings. The van der Waals surface area contributed by atoms with Crippen LogP contribution in [0.1, 0.15) is 71.3 Å². The Morgan fingerprint density at radius 3 is 2.35 bits per heavy atom. The van der Waals surface area contributed by atoms with Crippen molar-refractivity contribution in [1.82, 2.24) is 19.4 Å². The number of carbonyl (C=O) groups is 1. The number of benzene rings is 2. The molecule has 10 heteroatoms. The van der Waals surface area contributed by atoms with Gasteiger partial charge in [0.25, 0.3) is 11.5 Å². The Kier molecular flexibility index (Phi) is 7.54. The highest BCUT2D eigenvalue weighted by Gasteiger charge is 2.43. The number of sulfonamides is 1. The molecule has 0 bridgehead atoms. The molecule has 6 rings (SSSR count). The smallest absolute Gasteiger partial charge is 0.267 e. The van der Waals surface area contributed by atoms with Gasteiger partial charge in [0, 0.05) is 47.7 Å². The number of halogens is 1. The van der Waals surface area contributed by atoms with Crippen molar-refractivity contribution in [2.24, 2.45) is 0 Å². The van der Waals surface area contributed by atoms with Gasteiger partial charge in [-0.15, -0.1) is 0 Å². The first-order valence-electron chi connectivity index (χ1n) is 14.1. The lowest BCUT2D eigenvalue weighted by atomic mass is 9.90. The van der Waals surface area contributed by atoms with E-state index in [9.17, 15) is 18.0 Å². The first-order valence-corrected chi connectivity index (χ1v) is 15.9. The molecular weight excluding hydrogens is 548 g/mol. The summed E-state index contributed by atoms with van der Waals surface area (Å²) in [6.45, 7) is 1.00. The van der Waals surface area contributed by atoms with E-state index in [1.54, 1.807) is 28.6 Å². The van der Waals surface area contributed by atoms with E-state index in [0.717, 1.165) is 60.9 Å². The standard InChI is InChI=1S/C30H33ClN4O4S/c31-22-8-12-25(13-9-22)40(38,39)35(23-10-11-23)24-14-16-34(17-15-24)30(37)21-5-3-4-20(18-21)19-28-26-6-1-2-7-27(26)29(36)33-32-28/h3-5,8-9,12-13,18,23-24H,1-2,6-7,10-11,14-17,19H2,(H,33,36). The summed E-state index contributed by atoms with van der Waals surface area (Å²) in [6.07, 6.45) is 7.21. The summed E-state index contributed by atoms with van der Waals surface area (Å²) >= 11 is 5.98. The molecule has 1 saturated heterocycles. The molecule has 2 aromatic carbocycles. The third kappa shape index (κ3) is 5.47. The van der Waals surface area contributed by atoms with E-state index in [1.165, 1.54) is 0 Å². The van der Waals surface area contributed by atoms with Crippen LogP contribution < -0.4 is 5.56 Å². The minimum atomic E-state index is -3.65. The zero-order valence-electron chi connectivity index (χ0n) is 22.3. The Balaban J connectivity index is 1.14. The van der Waals surface area contributed by atoms with Crippen LogP contribution in [-0.4, -0.2) is 58.9 Å². The van der Waals surface area contributed by atoms with Gasteiger partial charge in [0.15, 0.2) is 0 Å².